The molecule has 1 amide bonds. The zero-order valence-electron chi connectivity index (χ0n) is 19.0. The predicted octanol–water partition coefficient (Wildman–Crippen LogP) is 1.56. The number of carbonyl (C=O) groups excluding carboxylic acids is 1. The van der Waals surface area contributed by atoms with Gasteiger partial charge in [0.15, 0.2) is 11.5 Å². The van der Waals surface area contributed by atoms with Crippen LogP contribution >= 0.6 is 0 Å². The number of hydrogen-bond donors (Lipinski definition) is 2. The molecule has 3 aromatic rings. The number of nitrogens with one attached hydrogen (secondary N) is 1. The van der Waals surface area contributed by atoms with Crippen LogP contribution in [0.15, 0.2) is 48.8 Å². The molecule has 2 aromatic heterocycles. The topological polar surface area (TPSA) is 129 Å². The number of nitrogens with zero attached hydrogens (tertiary/aromatic N) is 5. The van der Waals surface area contributed by atoms with Gasteiger partial charge in [-0.3, -0.25) is 14.7 Å². The zero-order valence-corrected chi connectivity index (χ0v) is 19.8. The number of pyridine rings is 1. The zero-order chi connectivity index (χ0) is 24.3. The van der Waals surface area contributed by atoms with E-state index in [-0.39, 0.29) is 11.4 Å². The second-order valence-corrected chi connectivity index (χ2v) is 10.1. The van der Waals surface area contributed by atoms with Gasteiger partial charge >= 0.3 is 0 Å². The van der Waals surface area contributed by atoms with Crippen LogP contribution in [-0.2, 0) is 16.6 Å². The highest BCUT2D eigenvalue weighted by Gasteiger charge is 2.20. The van der Waals surface area contributed by atoms with Gasteiger partial charge in [-0.25, -0.2) is 13.1 Å². The first-order valence-corrected chi connectivity index (χ1v) is 12.6. The molecular formula is C23H26N6O4S. The summed E-state index contributed by atoms with van der Waals surface area (Å²) >= 11 is 0. The number of aryl methyl sites for hydroxylation is 1. The first kappa shape index (κ1) is 23.6. The molecule has 0 unspecified atom stereocenters. The minimum Gasteiger partial charge on any atom is -0.506 e. The number of piperazine rings is 1. The van der Waals surface area contributed by atoms with Gasteiger partial charge in [-0.2, -0.15) is 0 Å². The molecule has 11 heteroatoms. The van der Waals surface area contributed by atoms with Crippen molar-refractivity contribution in [2.45, 2.75) is 13.5 Å². The lowest BCUT2D eigenvalue weighted by Crippen LogP contribution is -2.46. The summed E-state index contributed by atoms with van der Waals surface area (Å²) in [5.74, 6) is -0.00108. The molecule has 1 fully saturated rings. The van der Waals surface area contributed by atoms with E-state index in [0.717, 1.165) is 55.7 Å². The summed E-state index contributed by atoms with van der Waals surface area (Å²) in [5, 5.41) is 17.7. The SMILES string of the molecule is Cc1cc(CN2CCN(c3ccc(C(=O)NS(C)(=O)=O)nn3)CC2)ccc1-c1cncc(O)c1. The first-order chi connectivity index (χ1) is 16.2. The van der Waals surface area contributed by atoms with E-state index < -0.39 is 15.9 Å². The minimum absolute atomic E-state index is 0.0480. The number of rotatable bonds is 6. The van der Waals surface area contributed by atoms with E-state index in [0.29, 0.717) is 5.82 Å². The first-order valence-electron chi connectivity index (χ1n) is 10.7. The number of anilines is 1. The summed E-state index contributed by atoms with van der Waals surface area (Å²) in [5.41, 5.74) is 4.22. The molecule has 1 aliphatic rings. The third-order valence-corrected chi connectivity index (χ3v) is 6.15. The predicted molar refractivity (Wildman–Crippen MR) is 128 cm³/mol. The van der Waals surface area contributed by atoms with E-state index >= 15 is 0 Å². The van der Waals surface area contributed by atoms with E-state index in [1.54, 1.807) is 18.3 Å². The van der Waals surface area contributed by atoms with Crippen molar-refractivity contribution in [3.8, 4) is 16.9 Å². The van der Waals surface area contributed by atoms with Crippen molar-refractivity contribution in [3.63, 3.8) is 0 Å². The fourth-order valence-electron chi connectivity index (χ4n) is 3.95. The van der Waals surface area contributed by atoms with E-state index in [1.807, 2.05) is 4.72 Å². The van der Waals surface area contributed by atoms with Crippen LogP contribution < -0.4 is 9.62 Å². The summed E-state index contributed by atoms with van der Waals surface area (Å²) < 4.78 is 24.3. The lowest BCUT2D eigenvalue weighted by atomic mass is 9.99. The smallest absolute Gasteiger partial charge is 0.285 e. The van der Waals surface area contributed by atoms with Crippen molar-refractivity contribution in [2.24, 2.45) is 0 Å². The highest BCUT2D eigenvalue weighted by Crippen LogP contribution is 2.26. The molecule has 3 heterocycles. The monoisotopic (exact) mass is 482 g/mol. The molecule has 0 spiro atoms. The van der Waals surface area contributed by atoms with Crippen LogP contribution in [0, 0.1) is 6.92 Å². The molecule has 1 saturated heterocycles. The van der Waals surface area contributed by atoms with Crippen molar-refractivity contribution in [1.29, 1.82) is 0 Å². The van der Waals surface area contributed by atoms with Crippen molar-refractivity contribution in [2.75, 3.05) is 37.3 Å². The molecule has 34 heavy (non-hydrogen) atoms. The number of sulfonamides is 1. The Morgan fingerprint density at radius 3 is 2.44 bits per heavy atom. The van der Waals surface area contributed by atoms with Gasteiger partial charge in [0, 0.05) is 44.5 Å². The van der Waals surface area contributed by atoms with Gasteiger partial charge in [0.25, 0.3) is 5.91 Å². The van der Waals surface area contributed by atoms with E-state index in [2.05, 4.69) is 50.1 Å². The van der Waals surface area contributed by atoms with E-state index in [4.69, 9.17) is 0 Å². The number of amides is 1. The van der Waals surface area contributed by atoms with Gasteiger partial charge in [0.05, 0.1) is 12.5 Å². The maximum atomic E-state index is 11.9. The quantitative estimate of drug-likeness (QED) is 0.538. The van der Waals surface area contributed by atoms with Crippen molar-refractivity contribution < 1.29 is 18.3 Å². The molecule has 2 N–H and O–H groups in total. The van der Waals surface area contributed by atoms with Crippen LogP contribution in [0.25, 0.3) is 11.1 Å². The molecule has 0 aliphatic carbocycles. The number of aromatic nitrogens is 3. The average molecular weight is 483 g/mol. The van der Waals surface area contributed by atoms with Gasteiger partial charge in [-0.1, -0.05) is 18.2 Å². The Balaban J connectivity index is 1.33. The van der Waals surface area contributed by atoms with Crippen LogP contribution in [0.2, 0.25) is 0 Å². The Morgan fingerprint density at radius 2 is 1.82 bits per heavy atom. The van der Waals surface area contributed by atoms with Crippen LogP contribution in [-0.4, -0.2) is 71.9 Å². The molecule has 0 saturated carbocycles. The fourth-order valence-corrected chi connectivity index (χ4v) is 4.39. The number of aromatic hydroxyl groups is 1. The third kappa shape index (κ3) is 5.86. The maximum Gasteiger partial charge on any atom is 0.285 e. The van der Waals surface area contributed by atoms with Crippen molar-refractivity contribution in [3.05, 3.63) is 65.6 Å². The molecule has 1 aromatic carbocycles. The van der Waals surface area contributed by atoms with Crippen molar-refractivity contribution >= 4 is 21.7 Å². The summed E-state index contributed by atoms with van der Waals surface area (Å²) in [6, 6.07) is 11.2. The van der Waals surface area contributed by atoms with Crippen LogP contribution in [0.5, 0.6) is 5.75 Å². The molecule has 10 nitrogen and oxygen atoms in total. The molecule has 0 atom stereocenters. The van der Waals surface area contributed by atoms with Gasteiger partial charge < -0.3 is 10.0 Å². The molecule has 1 aliphatic heterocycles. The standard InChI is InChI=1S/C23H26N6O4S/c1-16-11-17(3-4-20(16)18-12-19(30)14-24-13-18)15-28-7-9-29(10-8-28)22-6-5-21(25-26-22)23(31)27-34(2,32)33/h3-6,11-14,30H,7-10,15H2,1-2H3,(H,27,31). The van der Waals surface area contributed by atoms with Gasteiger partial charge in [0.1, 0.15) is 5.75 Å². The molecule has 4 rings (SSSR count). The maximum absolute atomic E-state index is 11.9. The molecule has 0 bridgehead atoms. The van der Waals surface area contributed by atoms with Crippen LogP contribution in [0.1, 0.15) is 21.6 Å². The van der Waals surface area contributed by atoms with Crippen LogP contribution in [0.4, 0.5) is 5.82 Å². The molecule has 178 valence electrons. The van der Waals surface area contributed by atoms with E-state index in [1.165, 1.54) is 17.8 Å². The summed E-state index contributed by atoms with van der Waals surface area (Å²) in [7, 11) is -3.65. The van der Waals surface area contributed by atoms with Crippen molar-refractivity contribution in [1.82, 2.24) is 24.8 Å². The Morgan fingerprint density at radius 1 is 1.06 bits per heavy atom. The number of carbonyl (C=O) groups is 1. The Labute approximate surface area is 198 Å². The molecule has 0 radical (unpaired) electrons. The Bertz CT molecular complexity index is 1290. The summed E-state index contributed by atoms with van der Waals surface area (Å²) in [6.45, 7) is 6.08. The van der Waals surface area contributed by atoms with Gasteiger partial charge in [-0.05, 0) is 41.8 Å². The lowest BCUT2D eigenvalue weighted by molar-refractivity contribution is 0.0976. The minimum atomic E-state index is -3.65. The highest BCUT2D eigenvalue weighted by atomic mass is 32.2. The largest absolute Gasteiger partial charge is 0.506 e. The van der Waals surface area contributed by atoms with Gasteiger partial charge in [0.2, 0.25) is 10.0 Å². The summed E-state index contributed by atoms with van der Waals surface area (Å²) in [6.07, 6.45) is 4.07. The summed E-state index contributed by atoms with van der Waals surface area (Å²) in [4.78, 5) is 20.4. The Kier molecular flexibility index (Phi) is 6.75. The van der Waals surface area contributed by atoms with Crippen LogP contribution in [0.3, 0.4) is 0 Å². The Hall–Kier alpha value is -3.57. The number of hydrogen-bond acceptors (Lipinski definition) is 9. The third-order valence-electron chi connectivity index (χ3n) is 5.59. The van der Waals surface area contributed by atoms with E-state index in [9.17, 15) is 18.3 Å². The highest BCUT2D eigenvalue weighted by molar-refractivity contribution is 7.89. The van der Waals surface area contributed by atoms with Gasteiger partial charge in [-0.15, -0.1) is 10.2 Å². The fraction of sp³-hybridized carbons (Fsp3) is 0.304. The lowest BCUT2D eigenvalue weighted by Gasteiger charge is -2.35. The molecular weight excluding hydrogens is 456 g/mol. The second kappa shape index (κ2) is 9.74. The average Bonchev–Trinajstić information content (AvgIpc) is 2.79. The number of benzene rings is 1. The normalized spacial score (nSPS) is 14.7. The second-order valence-electron chi connectivity index (χ2n) is 8.32.